The van der Waals surface area contributed by atoms with Crippen LogP contribution in [0.25, 0.3) is 0 Å². The van der Waals surface area contributed by atoms with Crippen LogP contribution in [0.1, 0.15) is 43.4 Å². The first-order valence-corrected chi connectivity index (χ1v) is 14.8. The molecule has 0 saturated heterocycles. The number of hydrogen-bond donors (Lipinski definition) is 1. The third-order valence-corrected chi connectivity index (χ3v) is 8.51. The fraction of sp³-hybridized carbons (Fsp3) is 0.333. The van der Waals surface area contributed by atoms with Crippen molar-refractivity contribution in [3.05, 3.63) is 94.5 Å². The zero-order valence-electron chi connectivity index (χ0n) is 22.9. The van der Waals surface area contributed by atoms with E-state index in [2.05, 4.69) is 5.32 Å². The first-order valence-electron chi connectivity index (χ1n) is 13.0. The lowest BCUT2D eigenvalue weighted by molar-refractivity contribution is -0.139. The van der Waals surface area contributed by atoms with Gasteiger partial charge in [-0.25, -0.2) is 8.42 Å². The maximum atomic E-state index is 13.9. The summed E-state index contributed by atoms with van der Waals surface area (Å²) in [6.45, 7) is 7.60. The van der Waals surface area contributed by atoms with E-state index < -0.39 is 28.5 Å². The van der Waals surface area contributed by atoms with E-state index in [0.29, 0.717) is 17.3 Å². The number of aryl methyl sites for hydroxylation is 2. The Balaban J connectivity index is 1.98. The Bertz CT molecular complexity index is 1360. The summed E-state index contributed by atoms with van der Waals surface area (Å²) in [6.07, 6.45) is 1.74. The molecule has 0 aromatic heterocycles. The molecular weight excluding hydrogens is 534 g/mol. The predicted molar refractivity (Wildman–Crippen MR) is 156 cm³/mol. The maximum Gasteiger partial charge on any atom is 0.264 e. The number of sulfonamides is 1. The van der Waals surface area contributed by atoms with Crippen LogP contribution in [0.5, 0.6) is 0 Å². The largest absolute Gasteiger partial charge is 0.354 e. The maximum absolute atomic E-state index is 13.9. The number of carbonyl (C=O) groups is 2. The highest BCUT2D eigenvalue weighted by atomic mass is 35.5. The molecule has 0 spiro atoms. The molecule has 39 heavy (non-hydrogen) atoms. The van der Waals surface area contributed by atoms with Gasteiger partial charge in [-0.2, -0.15) is 0 Å². The van der Waals surface area contributed by atoms with Crippen molar-refractivity contribution in [2.24, 2.45) is 0 Å². The molecule has 0 aliphatic heterocycles. The van der Waals surface area contributed by atoms with Gasteiger partial charge in [0, 0.05) is 18.1 Å². The number of nitrogens with zero attached hydrogens (tertiary/aromatic N) is 2. The minimum absolute atomic E-state index is 0.0797. The molecule has 0 bridgehead atoms. The van der Waals surface area contributed by atoms with E-state index in [1.807, 2.05) is 20.8 Å². The summed E-state index contributed by atoms with van der Waals surface area (Å²) < 4.78 is 28.8. The molecule has 1 N–H and O–H groups in total. The molecule has 9 heteroatoms. The molecule has 208 valence electrons. The molecule has 0 radical (unpaired) electrons. The Labute approximate surface area is 236 Å². The van der Waals surface area contributed by atoms with Gasteiger partial charge in [0.2, 0.25) is 11.8 Å². The highest BCUT2D eigenvalue weighted by Gasteiger charge is 2.32. The van der Waals surface area contributed by atoms with Gasteiger partial charge in [0.05, 0.1) is 10.6 Å². The van der Waals surface area contributed by atoms with E-state index in [0.717, 1.165) is 33.8 Å². The number of rotatable bonds is 12. The average Bonchev–Trinajstić information content (AvgIpc) is 2.91. The van der Waals surface area contributed by atoms with Crippen molar-refractivity contribution >= 4 is 39.1 Å². The standard InChI is InChI=1S/C30H36ClN3O4S/c1-5-6-19-32-30(36)24(4)33(20-25-11-13-26(31)14-12-25)29(35)21-34(27-15-7-22(2)8-16-27)39(37,38)28-17-9-23(3)10-18-28/h7-18,24H,5-6,19-21H2,1-4H3,(H,32,36)/t24-/m1/s1. The second-order valence-corrected chi connectivity index (χ2v) is 11.9. The Hall–Kier alpha value is -3.36. The number of unbranched alkanes of at least 4 members (excludes halogenated alkanes) is 1. The fourth-order valence-corrected chi connectivity index (χ4v) is 5.52. The van der Waals surface area contributed by atoms with Gasteiger partial charge in [-0.15, -0.1) is 0 Å². The van der Waals surface area contributed by atoms with Crippen LogP contribution in [0.4, 0.5) is 5.69 Å². The molecule has 0 heterocycles. The van der Waals surface area contributed by atoms with Crippen molar-refractivity contribution < 1.29 is 18.0 Å². The lowest BCUT2D eigenvalue weighted by Gasteiger charge is -2.32. The molecule has 0 fully saturated rings. The lowest BCUT2D eigenvalue weighted by Crippen LogP contribution is -2.51. The second-order valence-electron chi connectivity index (χ2n) is 9.63. The summed E-state index contributed by atoms with van der Waals surface area (Å²) in [5.41, 5.74) is 3.01. The number of carbonyl (C=O) groups excluding carboxylic acids is 2. The van der Waals surface area contributed by atoms with Crippen LogP contribution >= 0.6 is 11.6 Å². The first-order chi connectivity index (χ1) is 18.5. The summed E-state index contributed by atoms with van der Waals surface area (Å²) in [7, 11) is -4.09. The molecule has 0 aliphatic rings. The molecule has 1 atom stereocenters. The van der Waals surface area contributed by atoms with Crippen molar-refractivity contribution in [1.82, 2.24) is 10.2 Å². The number of halogens is 1. The van der Waals surface area contributed by atoms with Gasteiger partial charge in [-0.1, -0.05) is 72.5 Å². The van der Waals surface area contributed by atoms with Crippen molar-refractivity contribution in [3.8, 4) is 0 Å². The van der Waals surface area contributed by atoms with E-state index >= 15 is 0 Å². The molecule has 3 rings (SSSR count). The summed E-state index contributed by atoms with van der Waals surface area (Å²) in [4.78, 5) is 28.4. The Kier molecular flexibility index (Phi) is 10.5. The average molecular weight is 570 g/mol. The molecular formula is C30H36ClN3O4S. The Morgan fingerprint density at radius 2 is 1.46 bits per heavy atom. The Morgan fingerprint density at radius 1 is 0.897 bits per heavy atom. The van der Waals surface area contributed by atoms with Crippen LogP contribution in [-0.2, 0) is 26.2 Å². The van der Waals surface area contributed by atoms with E-state index in [9.17, 15) is 18.0 Å². The zero-order chi connectivity index (χ0) is 28.6. The van der Waals surface area contributed by atoms with Crippen LogP contribution in [0, 0.1) is 13.8 Å². The van der Waals surface area contributed by atoms with E-state index in [4.69, 9.17) is 11.6 Å². The van der Waals surface area contributed by atoms with Crippen LogP contribution in [0.3, 0.4) is 0 Å². The van der Waals surface area contributed by atoms with Gasteiger partial charge < -0.3 is 10.2 Å². The van der Waals surface area contributed by atoms with E-state index in [1.54, 1.807) is 67.6 Å². The smallest absolute Gasteiger partial charge is 0.264 e. The van der Waals surface area contributed by atoms with Crippen LogP contribution in [0.15, 0.2) is 77.7 Å². The van der Waals surface area contributed by atoms with Gasteiger partial charge in [0.15, 0.2) is 0 Å². The van der Waals surface area contributed by atoms with Gasteiger partial charge in [0.1, 0.15) is 12.6 Å². The lowest BCUT2D eigenvalue weighted by atomic mass is 10.1. The summed E-state index contributed by atoms with van der Waals surface area (Å²) >= 11 is 6.04. The monoisotopic (exact) mass is 569 g/mol. The number of anilines is 1. The Morgan fingerprint density at radius 3 is 2.03 bits per heavy atom. The topological polar surface area (TPSA) is 86.8 Å². The SMILES string of the molecule is CCCCNC(=O)[C@@H](C)N(Cc1ccc(Cl)cc1)C(=O)CN(c1ccc(C)cc1)S(=O)(=O)c1ccc(C)cc1. The summed E-state index contributed by atoms with van der Waals surface area (Å²) in [6, 6.07) is 19.6. The third kappa shape index (κ3) is 8.07. The van der Waals surface area contributed by atoms with Gasteiger partial charge in [-0.05, 0) is 69.2 Å². The molecule has 3 aromatic rings. The van der Waals surface area contributed by atoms with Crippen molar-refractivity contribution in [2.45, 2.75) is 58.0 Å². The molecule has 7 nitrogen and oxygen atoms in total. The molecule has 2 amide bonds. The minimum Gasteiger partial charge on any atom is -0.354 e. The third-order valence-electron chi connectivity index (χ3n) is 6.47. The van der Waals surface area contributed by atoms with E-state index in [1.165, 1.54) is 17.0 Å². The van der Waals surface area contributed by atoms with Crippen LogP contribution in [-0.4, -0.2) is 44.3 Å². The summed E-state index contributed by atoms with van der Waals surface area (Å²) in [5, 5.41) is 3.43. The first kappa shape index (κ1) is 30.2. The molecule has 0 aliphatic carbocycles. The highest BCUT2D eigenvalue weighted by molar-refractivity contribution is 7.92. The van der Waals surface area contributed by atoms with Crippen molar-refractivity contribution in [1.29, 1.82) is 0 Å². The normalized spacial score (nSPS) is 12.0. The van der Waals surface area contributed by atoms with Crippen LogP contribution in [0.2, 0.25) is 5.02 Å². The van der Waals surface area contributed by atoms with Gasteiger partial charge >= 0.3 is 0 Å². The predicted octanol–water partition coefficient (Wildman–Crippen LogP) is 5.49. The van der Waals surface area contributed by atoms with Gasteiger partial charge in [0.25, 0.3) is 10.0 Å². The molecule has 0 saturated carbocycles. The number of nitrogens with one attached hydrogen (secondary N) is 1. The minimum atomic E-state index is -4.09. The van der Waals surface area contributed by atoms with Crippen LogP contribution < -0.4 is 9.62 Å². The van der Waals surface area contributed by atoms with E-state index in [-0.39, 0.29) is 17.3 Å². The number of hydrogen-bond acceptors (Lipinski definition) is 4. The number of amides is 2. The second kappa shape index (κ2) is 13.6. The zero-order valence-corrected chi connectivity index (χ0v) is 24.4. The summed E-state index contributed by atoms with van der Waals surface area (Å²) in [5.74, 6) is -0.798. The quantitative estimate of drug-likeness (QED) is 0.292. The molecule has 3 aromatic carbocycles. The van der Waals surface area contributed by atoms with Gasteiger partial charge in [-0.3, -0.25) is 13.9 Å². The number of benzene rings is 3. The highest BCUT2D eigenvalue weighted by Crippen LogP contribution is 2.25. The van der Waals surface area contributed by atoms with Crippen molar-refractivity contribution in [3.63, 3.8) is 0 Å². The fourth-order valence-electron chi connectivity index (χ4n) is 3.98. The van der Waals surface area contributed by atoms with Crippen molar-refractivity contribution in [2.75, 3.05) is 17.4 Å². The molecule has 0 unspecified atom stereocenters.